The van der Waals surface area contributed by atoms with E-state index in [0.717, 1.165) is 11.8 Å². The predicted molar refractivity (Wildman–Crippen MR) is 66.4 cm³/mol. The van der Waals surface area contributed by atoms with Gasteiger partial charge >= 0.3 is 6.18 Å². The molecular weight excluding hydrogens is 239 g/mol. The normalized spacial score (nSPS) is 11.3. The third-order valence-electron chi connectivity index (χ3n) is 2.69. The minimum Gasteiger partial charge on any atom is -0.388 e. The van der Waals surface area contributed by atoms with E-state index in [1.807, 2.05) is 0 Å². The predicted octanol–water partition coefficient (Wildman–Crippen LogP) is 4.41. The molecule has 0 unspecified atom stereocenters. The van der Waals surface area contributed by atoms with E-state index in [1.165, 1.54) is 12.1 Å². The Morgan fingerprint density at radius 1 is 0.944 bits per heavy atom. The van der Waals surface area contributed by atoms with E-state index in [-0.39, 0.29) is 5.56 Å². The van der Waals surface area contributed by atoms with Crippen LogP contribution in [0.2, 0.25) is 0 Å². The molecule has 0 aromatic heterocycles. The highest BCUT2D eigenvalue weighted by atomic mass is 19.4. The summed E-state index contributed by atoms with van der Waals surface area (Å²) in [5.74, 6) is 0. The first-order valence-electron chi connectivity index (χ1n) is 5.47. The van der Waals surface area contributed by atoms with E-state index >= 15 is 0 Å². The van der Waals surface area contributed by atoms with Gasteiger partial charge in [-0.2, -0.15) is 13.2 Å². The van der Waals surface area contributed by atoms with Crippen molar-refractivity contribution in [2.75, 3.05) is 12.4 Å². The lowest BCUT2D eigenvalue weighted by Gasteiger charge is -2.13. The van der Waals surface area contributed by atoms with Gasteiger partial charge in [0, 0.05) is 12.7 Å². The van der Waals surface area contributed by atoms with E-state index in [0.29, 0.717) is 5.56 Å². The van der Waals surface area contributed by atoms with E-state index in [1.54, 1.807) is 37.4 Å². The highest BCUT2D eigenvalue weighted by Crippen LogP contribution is 2.37. The van der Waals surface area contributed by atoms with Gasteiger partial charge in [-0.05, 0) is 29.3 Å². The molecule has 0 atom stereocenters. The van der Waals surface area contributed by atoms with E-state index in [4.69, 9.17) is 0 Å². The Hall–Kier alpha value is -1.97. The largest absolute Gasteiger partial charge is 0.417 e. The number of halogens is 3. The topological polar surface area (TPSA) is 12.0 Å². The van der Waals surface area contributed by atoms with Crippen LogP contribution in [-0.2, 0) is 6.18 Å². The first kappa shape index (κ1) is 12.5. The Morgan fingerprint density at radius 3 is 2.33 bits per heavy atom. The number of nitrogens with one attached hydrogen (secondary N) is 1. The van der Waals surface area contributed by atoms with Gasteiger partial charge in [0.05, 0.1) is 5.56 Å². The Balaban J connectivity index is 2.57. The third kappa shape index (κ3) is 2.47. The summed E-state index contributed by atoms with van der Waals surface area (Å²) in [5, 5.41) is 2.91. The van der Waals surface area contributed by atoms with Crippen molar-refractivity contribution in [3.8, 4) is 11.1 Å². The first-order valence-corrected chi connectivity index (χ1v) is 5.47. The monoisotopic (exact) mass is 251 g/mol. The van der Waals surface area contributed by atoms with Crippen molar-refractivity contribution >= 4 is 5.69 Å². The molecule has 0 aliphatic carbocycles. The van der Waals surface area contributed by atoms with Crippen LogP contribution in [0.3, 0.4) is 0 Å². The lowest BCUT2D eigenvalue weighted by Crippen LogP contribution is -2.06. The van der Waals surface area contributed by atoms with E-state index in [9.17, 15) is 13.2 Å². The molecule has 0 bridgehead atoms. The number of hydrogen-bond donors (Lipinski definition) is 1. The molecule has 0 saturated heterocycles. The Kier molecular flexibility index (Phi) is 3.28. The van der Waals surface area contributed by atoms with Crippen molar-refractivity contribution in [2.24, 2.45) is 0 Å². The van der Waals surface area contributed by atoms with Crippen molar-refractivity contribution in [2.45, 2.75) is 6.18 Å². The van der Waals surface area contributed by atoms with Crippen molar-refractivity contribution in [1.29, 1.82) is 0 Å². The van der Waals surface area contributed by atoms with Gasteiger partial charge in [-0.15, -0.1) is 0 Å². The second-order valence-electron chi connectivity index (χ2n) is 3.87. The van der Waals surface area contributed by atoms with Gasteiger partial charge < -0.3 is 5.32 Å². The Labute approximate surface area is 103 Å². The van der Waals surface area contributed by atoms with Crippen LogP contribution in [0.4, 0.5) is 18.9 Å². The maximum atomic E-state index is 12.9. The standard InChI is InChI=1S/C14H12F3N/c1-18-11-6-4-5-10(9-11)12-7-2-3-8-13(12)14(15,16)17/h2-9,18H,1H3. The fraction of sp³-hybridized carbons (Fsp3) is 0.143. The second kappa shape index (κ2) is 4.72. The first-order chi connectivity index (χ1) is 8.52. The molecule has 0 heterocycles. The van der Waals surface area contributed by atoms with Crippen molar-refractivity contribution < 1.29 is 13.2 Å². The zero-order valence-electron chi connectivity index (χ0n) is 9.75. The smallest absolute Gasteiger partial charge is 0.388 e. The molecule has 4 heteroatoms. The highest BCUT2D eigenvalue weighted by molar-refractivity contribution is 5.71. The number of anilines is 1. The van der Waals surface area contributed by atoms with Gasteiger partial charge in [-0.25, -0.2) is 0 Å². The minimum absolute atomic E-state index is 0.196. The summed E-state index contributed by atoms with van der Waals surface area (Å²) in [6.07, 6.45) is -4.34. The lowest BCUT2D eigenvalue weighted by molar-refractivity contribution is -0.137. The molecule has 0 aliphatic heterocycles. The van der Waals surface area contributed by atoms with E-state index in [2.05, 4.69) is 5.32 Å². The van der Waals surface area contributed by atoms with Gasteiger partial charge in [0.15, 0.2) is 0 Å². The Morgan fingerprint density at radius 2 is 1.67 bits per heavy atom. The minimum atomic E-state index is -4.34. The zero-order valence-corrected chi connectivity index (χ0v) is 9.75. The van der Waals surface area contributed by atoms with Gasteiger partial charge in [0.2, 0.25) is 0 Å². The molecular formula is C14H12F3N. The Bertz CT molecular complexity index is 547. The lowest BCUT2D eigenvalue weighted by atomic mass is 9.99. The number of hydrogen-bond acceptors (Lipinski definition) is 1. The summed E-state index contributed by atoms with van der Waals surface area (Å²) in [4.78, 5) is 0. The molecule has 2 rings (SSSR count). The molecule has 0 spiro atoms. The molecule has 18 heavy (non-hydrogen) atoms. The molecule has 0 amide bonds. The van der Waals surface area contributed by atoms with Crippen LogP contribution >= 0.6 is 0 Å². The number of alkyl halides is 3. The maximum absolute atomic E-state index is 12.9. The van der Waals surface area contributed by atoms with Gasteiger partial charge in [0.25, 0.3) is 0 Å². The number of benzene rings is 2. The summed E-state index contributed by atoms with van der Waals surface area (Å²) in [5.41, 5.74) is 0.916. The third-order valence-corrected chi connectivity index (χ3v) is 2.69. The maximum Gasteiger partial charge on any atom is 0.417 e. The van der Waals surface area contributed by atoms with Crippen molar-refractivity contribution in [1.82, 2.24) is 0 Å². The average Bonchev–Trinajstić information content (AvgIpc) is 2.38. The summed E-state index contributed by atoms with van der Waals surface area (Å²) < 4.78 is 38.7. The van der Waals surface area contributed by atoms with Crippen LogP contribution in [0.5, 0.6) is 0 Å². The highest BCUT2D eigenvalue weighted by Gasteiger charge is 2.33. The van der Waals surface area contributed by atoms with E-state index < -0.39 is 11.7 Å². The average molecular weight is 251 g/mol. The fourth-order valence-corrected chi connectivity index (χ4v) is 1.82. The van der Waals surface area contributed by atoms with Crippen LogP contribution in [0.25, 0.3) is 11.1 Å². The van der Waals surface area contributed by atoms with Gasteiger partial charge in [0.1, 0.15) is 0 Å². The molecule has 0 saturated carbocycles. The van der Waals surface area contributed by atoms with Crippen LogP contribution in [0, 0.1) is 0 Å². The van der Waals surface area contributed by atoms with Gasteiger partial charge in [-0.1, -0.05) is 30.3 Å². The van der Waals surface area contributed by atoms with Crippen molar-refractivity contribution in [3.63, 3.8) is 0 Å². The molecule has 1 N–H and O–H groups in total. The summed E-state index contributed by atoms with van der Waals surface area (Å²) >= 11 is 0. The van der Waals surface area contributed by atoms with Crippen LogP contribution < -0.4 is 5.32 Å². The number of rotatable bonds is 2. The SMILES string of the molecule is CNc1cccc(-c2ccccc2C(F)(F)F)c1. The fourth-order valence-electron chi connectivity index (χ4n) is 1.82. The molecule has 94 valence electrons. The van der Waals surface area contributed by atoms with Crippen LogP contribution in [0.1, 0.15) is 5.56 Å². The molecule has 0 radical (unpaired) electrons. The van der Waals surface area contributed by atoms with Crippen LogP contribution in [0.15, 0.2) is 48.5 Å². The molecule has 1 nitrogen and oxygen atoms in total. The molecule has 2 aromatic rings. The van der Waals surface area contributed by atoms with Gasteiger partial charge in [-0.3, -0.25) is 0 Å². The molecule has 0 fully saturated rings. The zero-order chi connectivity index (χ0) is 13.2. The van der Waals surface area contributed by atoms with Crippen LogP contribution in [-0.4, -0.2) is 7.05 Å². The van der Waals surface area contributed by atoms with Crippen molar-refractivity contribution in [3.05, 3.63) is 54.1 Å². The second-order valence-corrected chi connectivity index (χ2v) is 3.87. The molecule has 2 aromatic carbocycles. The molecule has 0 aliphatic rings. The summed E-state index contributed by atoms with van der Waals surface area (Å²) in [6, 6.07) is 12.5. The summed E-state index contributed by atoms with van der Waals surface area (Å²) in [6.45, 7) is 0. The summed E-state index contributed by atoms with van der Waals surface area (Å²) in [7, 11) is 1.73. The quantitative estimate of drug-likeness (QED) is 0.833.